The van der Waals surface area contributed by atoms with E-state index in [1.807, 2.05) is 0 Å². The van der Waals surface area contributed by atoms with Crippen molar-refractivity contribution in [2.24, 2.45) is 0 Å². The highest BCUT2D eigenvalue weighted by Gasteiger charge is 2.17. The van der Waals surface area contributed by atoms with Crippen molar-refractivity contribution in [2.75, 3.05) is 23.8 Å². The Kier molecular flexibility index (Phi) is 4.95. The van der Waals surface area contributed by atoms with Crippen molar-refractivity contribution in [3.05, 3.63) is 34.3 Å². The number of hydrogen-bond donors (Lipinski definition) is 1. The minimum atomic E-state index is 0.380. The van der Waals surface area contributed by atoms with Crippen LogP contribution in [0.25, 0.3) is 0 Å². The summed E-state index contributed by atoms with van der Waals surface area (Å²) in [6.07, 6.45) is 1.64. The Bertz CT molecular complexity index is 537. The van der Waals surface area contributed by atoms with E-state index in [-0.39, 0.29) is 0 Å². The average molecular weight is 290 g/mol. The predicted molar refractivity (Wildman–Crippen MR) is 86.7 cm³/mol. The van der Waals surface area contributed by atoms with Gasteiger partial charge in [0.15, 0.2) is 0 Å². The molecule has 2 heterocycles. The van der Waals surface area contributed by atoms with Crippen molar-refractivity contribution in [3.63, 3.8) is 0 Å². The summed E-state index contributed by atoms with van der Waals surface area (Å²) in [5.74, 6) is 2.34. The number of hydrogen-bond acceptors (Lipinski definition) is 5. The smallest absolute Gasteiger partial charge is 0.137 e. The lowest BCUT2D eigenvalue weighted by Crippen LogP contribution is -2.21. The summed E-state index contributed by atoms with van der Waals surface area (Å²) in [5.41, 5.74) is 2.50. The second-order valence-electron chi connectivity index (χ2n) is 5.13. The zero-order valence-electron chi connectivity index (χ0n) is 12.6. The third kappa shape index (κ3) is 3.28. The van der Waals surface area contributed by atoms with Crippen LogP contribution in [0.1, 0.15) is 37.8 Å². The summed E-state index contributed by atoms with van der Waals surface area (Å²) in [6, 6.07) is 2.16. The van der Waals surface area contributed by atoms with Crippen LogP contribution >= 0.6 is 11.3 Å². The molecule has 1 N–H and O–H groups in total. The molecule has 0 fully saturated rings. The first-order chi connectivity index (χ1) is 9.63. The van der Waals surface area contributed by atoms with E-state index in [4.69, 9.17) is 0 Å². The van der Waals surface area contributed by atoms with E-state index in [2.05, 4.69) is 64.8 Å². The van der Waals surface area contributed by atoms with Gasteiger partial charge in [-0.1, -0.05) is 13.8 Å². The standard InChI is InChI=1S/C15H22N4S/c1-5-16-14-13(11(2)3)15(18-10-17-14)19(4)8-12-6-7-20-9-12/h6-7,9-11H,5,8H2,1-4H3,(H,16,17,18). The van der Waals surface area contributed by atoms with Gasteiger partial charge in [0.05, 0.1) is 0 Å². The zero-order valence-corrected chi connectivity index (χ0v) is 13.4. The molecule has 0 aliphatic carbocycles. The lowest BCUT2D eigenvalue weighted by atomic mass is 10.0. The van der Waals surface area contributed by atoms with Gasteiger partial charge in [-0.25, -0.2) is 9.97 Å². The van der Waals surface area contributed by atoms with Crippen molar-refractivity contribution < 1.29 is 0 Å². The Morgan fingerprint density at radius 2 is 2.15 bits per heavy atom. The molecule has 0 spiro atoms. The Morgan fingerprint density at radius 1 is 1.35 bits per heavy atom. The van der Waals surface area contributed by atoms with E-state index in [9.17, 15) is 0 Å². The van der Waals surface area contributed by atoms with Crippen molar-refractivity contribution in [1.29, 1.82) is 0 Å². The third-order valence-electron chi connectivity index (χ3n) is 3.15. The van der Waals surface area contributed by atoms with Crippen LogP contribution in [-0.2, 0) is 6.54 Å². The molecule has 20 heavy (non-hydrogen) atoms. The fourth-order valence-corrected chi connectivity index (χ4v) is 2.92. The van der Waals surface area contributed by atoms with Crippen molar-refractivity contribution in [3.8, 4) is 0 Å². The summed E-state index contributed by atoms with van der Waals surface area (Å²) < 4.78 is 0. The summed E-state index contributed by atoms with van der Waals surface area (Å²) >= 11 is 1.73. The normalized spacial score (nSPS) is 10.8. The van der Waals surface area contributed by atoms with Crippen molar-refractivity contribution in [1.82, 2.24) is 9.97 Å². The monoisotopic (exact) mass is 290 g/mol. The molecule has 0 aliphatic heterocycles. The van der Waals surface area contributed by atoms with Gasteiger partial charge < -0.3 is 10.2 Å². The number of aromatic nitrogens is 2. The average Bonchev–Trinajstić information content (AvgIpc) is 2.91. The maximum atomic E-state index is 4.50. The molecule has 2 aromatic rings. The number of thiophene rings is 1. The van der Waals surface area contributed by atoms with Crippen LogP contribution in [0.3, 0.4) is 0 Å². The molecule has 0 bridgehead atoms. The van der Waals surface area contributed by atoms with Crippen LogP contribution in [0.15, 0.2) is 23.2 Å². The largest absolute Gasteiger partial charge is 0.370 e. The molecule has 0 aliphatic rings. The first-order valence-electron chi connectivity index (χ1n) is 6.94. The molecule has 0 saturated carbocycles. The zero-order chi connectivity index (χ0) is 14.5. The number of nitrogens with one attached hydrogen (secondary N) is 1. The maximum absolute atomic E-state index is 4.50. The van der Waals surface area contributed by atoms with E-state index in [0.717, 1.165) is 24.7 Å². The maximum Gasteiger partial charge on any atom is 0.137 e. The molecule has 108 valence electrons. The Labute approximate surface area is 124 Å². The highest BCUT2D eigenvalue weighted by Crippen LogP contribution is 2.30. The lowest BCUT2D eigenvalue weighted by molar-refractivity contribution is 0.809. The van der Waals surface area contributed by atoms with Gasteiger partial charge in [0.25, 0.3) is 0 Å². The second-order valence-corrected chi connectivity index (χ2v) is 5.91. The van der Waals surface area contributed by atoms with E-state index in [0.29, 0.717) is 5.92 Å². The molecule has 0 unspecified atom stereocenters. The molecular formula is C15H22N4S. The minimum Gasteiger partial charge on any atom is -0.370 e. The Balaban J connectivity index is 2.32. The van der Waals surface area contributed by atoms with Crippen LogP contribution in [0.2, 0.25) is 0 Å². The van der Waals surface area contributed by atoms with E-state index in [1.165, 1.54) is 11.1 Å². The quantitative estimate of drug-likeness (QED) is 0.880. The minimum absolute atomic E-state index is 0.380. The molecule has 4 nitrogen and oxygen atoms in total. The topological polar surface area (TPSA) is 41.1 Å². The van der Waals surface area contributed by atoms with Gasteiger partial charge in [0.1, 0.15) is 18.0 Å². The van der Waals surface area contributed by atoms with Crippen LogP contribution in [-0.4, -0.2) is 23.6 Å². The summed E-state index contributed by atoms with van der Waals surface area (Å²) in [4.78, 5) is 11.1. The Morgan fingerprint density at radius 3 is 2.75 bits per heavy atom. The van der Waals surface area contributed by atoms with Gasteiger partial charge in [-0.05, 0) is 35.2 Å². The van der Waals surface area contributed by atoms with E-state index in [1.54, 1.807) is 17.7 Å². The predicted octanol–water partition coefficient (Wildman–Crippen LogP) is 3.73. The fraction of sp³-hybridized carbons (Fsp3) is 0.467. The Hall–Kier alpha value is -1.62. The molecule has 0 radical (unpaired) electrons. The van der Waals surface area contributed by atoms with Gasteiger partial charge in [0, 0.05) is 25.7 Å². The number of nitrogens with zero attached hydrogens (tertiary/aromatic N) is 3. The summed E-state index contributed by atoms with van der Waals surface area (Å²) in [7, 11) is 2.08. The van der Waals surface area contributed by atoms with E-state index < -0.39 is 0 Å². The molecule has 2 rings (SSSR count). The molecule has 2 aromatic heterocycles. The van der Waals surface area contributed by atoms with Crippen LogP contribution in [0, 0.1) is 0 Å². The number of anilines is 2. The first-order valence-corrected chi connectivity index (χ1v) is 7.88. The van der Waals surface area contributed by atoms with Gasteiger partial charge >= 0.3 is 0 Å². The van der Waals surface area contributed by atoms with Crippen LogP contribution < -0.4 is 10.2 Å². The molecule has 0 aromatic carbocycles. The van der Waals surface area contributed by atoms with Crippen molar-refractivity contribution in [2.45, 2.75) is 33.2 Å². The van der Waals surface area contributed by atoms with Gasteiger partial charge in [-0.2, -0.15) is 11.3 Å². The summed E-state index contributed by atoms with van der Waals surface area (Å²) in [6.45, 7) is 8.18. The van der Waals surface area contributed by atoms with Gasteiger partial charge in [-0.15, -0.1) is 0 Å². The molecule has 0 amide bonds. The highest BCUT2D eigenvalue weighted by atomic mass is 32.1. The third-order valence-corrected chi connectivity index (χ3v) is 3.88. The van der Waals surface area contributed by atoms with E-state index >= 15 is 0 Å². The SMILES string of the molecule is CCNc1ncnc(N(C)Cc2ccsc2)c1C(C)C. The molecule has 5 heteroatoms. The molecule has 0 atom stereocenters. The second kappa shape index (κ2) is 6.70. The summed E-state index contributed by atoms with van der Waals surface area (Å²) in [5, 5.41) is 7.62. The van der Waals surface area contributed by atoms with Crippen LogP contribution in [0.5, 0.6) is 0 Å². The highest BCUT2D eigenvalue weighted by molar-refractivity contribution is 7.07. The molecular weight excluding hydrogens is 268 g/mol. The first kappa shape index (κ1) is 14.8. The van der Waals surface area contributed by atoms with Gasteiger partial charge in [0.2, 0.25) is 0 Å². The van der Waals surface area contributed by atoms with Crippen molar-refractivity contribution >= 4 is 23.0 Å². The number of rotatable bonds is 6. The fourth-order valence-electron chi connectivity index (χ4n) is 2.26. The lowest BCUT2D eigenvalue weighted by Gasteiger charge is -2.24. The van der Waals surface area contributed by atoms with Gasteiger partial charge in [-0.3, -0.25) is 0 Å². The molecule has 0 saturated heterocycles. The van der Waals surface area contributed by atoms with Crippen LogP contribution in [0.4, 0.5) is 11.6 Å².